The predicted octanol–water partition coefficient (Wildman–Crippen LogP) is 1.87. The summed E-state index contributed by atoms with van der Waals surface area (Å²) < 4.78 is 1.52. The van der Waals surface area contributed by atoms with Crippen LogP contribution < -0.4 is 5.56 Å². The third kappa shape index (κ3) is 3.43. The molecule has 0 aliphatic heterocycles. The molecule has 6 nitrogen and oxygen atoms in total. The Morgan fingerprint density at radius 3 is 2.62 bits per heavy atom. The van der Waals surface area contributed by atoms with E-state index in [0.29, 0.717) is 5.69 Å². The molecule has 21 heavy (non-hydrogen) atoms. The second-order valence-corrected chi connectivity index (χ2v) is 4.92. The van der Waals surface area contributed by atoms with Gasteiger partial charge in [-0.1, -0.05) is 19.1 Å². The van der Waals surface area contributed by atoms with E-state index >= 15 is 0 Å². The number of nitrogens with zero attached hydrogens (tertiary/aromatic N) is 2. The van der Waals surface area contributed by atoms with Crippen molar-refractivity contribution in [1.82, 2.24) is 14.8 Å². The first-order valence-electron chi connectivity index (χ1n) is 6.54. The highest BCUT2D eigenvalue weighted by Crippen LogP contribution is 2.09. The van der Waals surface area contributed by atoms with Crippen molar-refractivity contribution in [1.29, 1.82) is 0 Å². The maximum atomic E-state index is 12.4. The molecule has 1 aromatic carbocycles. The van der Waals surface area contributed by atoms with Crippen LogP contribution >= 0.6 is 12.2 Å². The van der Waals surface area contributed by atoms with Gasteiger partial charge >= 0.3 is 5.97 Å². The van der Waals surface area contributed by atoms with Crippen LogP contribution in [0.25, 0.3) is 5.69 Å². The number of carbonyl (C=O) groups is 1. The van der Waals surface area contributed by atoms with Gasteiger partial charge in [0.25, 0.3) is 5.56 Å². The smallest absolute Gasteiger partial charge is 0.303 e. The van der Waals surface area contributed by atoms with Crippen molar-refractivity contribution in [2.45, 2.75) is 26.2 Å². The Balaban J connectivity index is 2.46. The Hall–Kier alpha value is -2.28. The molecule has 0 unspecified atom stereocenters. The van der Waals surface area contributed by atoms with Gasteiger partial charge in [-0.05, 0) is 36.3 Å². The summed E-state index contributed by atoms with van der Waals surface area (Å²) in [5.41, 5.74) is 1.56. The maximum absolute atomic E-state index is 12.4. The lowest BCUT2D eigenvalue weighted by Gasteiger charge is -2.08. The fourth-order valence-electron chi connectivity index (χ4n) is 1.94. The average molecular weight is 305 g/mol. The molecule has 2 N–H and O–H groups in total. The number of aryl methyl sites for hydroxylation is 2. The van der Waals surface area contributed by atoms with Gasteiger partial charge in [-0.15, -0.1) is 0 Å². The largest absolute Gasteiger partial charge is 0.481 e. The minimum absolute atomic E-state index is 0.0628. The van der Waals surface area contributed by atoms with E-state index in [1.54, 1.807) is 0 Å². The summed E-state index contributed by atoms with van der Waals surface area (Å²) in [5.74, 6) is -0.975. The molecule has 0 atom stereocenters. The van der Waals surface area contributed by atoms with Crippen LogP contribution in [0.3, 0.4) is 0 Å². The Labute approximate surface area is 126 Å². The van der Waals surface area contributed by atoms with Crippen molar-refractivity contribution in [2.75, 3.05) is 0 Å². The number of hydrogen-bond donors (Lipinski definition) is 2. The van der Waals surface area contributed by atoms with Crippen LogP contribution in [0.2, 0.25) is 0 Å². The molecule has 0 spiro atoms. The van der Waals surface area contributed by atoms with E-state index in [-0.39, 0.29) is 28.9 Å². The van der Waals surface area contributed by atoms with Gasteiger partial charge in [0.1, 0.15) is 5.69 Å². The van der Waals surface area contributed by atoms with E-state index in [1.807, 2.05) is 31.2 Å². The van der Waals surface area contributed by atoms with Crippen molar-refractivity contribution in [3.05, 3.63) is 50.6 Å². The zero-order valence-electron chi connectivity index (χ0n) is 11.5. The van der Waals surface area contributed by atoms with Crippen LogP contribution in [0.4, 0.5) is 0 Å². The minimum atomic E-state index is -0.975. The molecule has 0 aliphatic rings. The summed E-state index contributed by atoms with van der Waals surface area (Å²) in [5, 5.41) is 15.1. The van der Waals surface area contributed by atoms with Crippen molar-refractivity contribution >= 4 is 18.2 Å². The van der Waals surface area contributed by atoms with Crippen LogP contribution in [-0.4, -0.2) is 25.8 Å². The third-order valence-electron chi connectivity index (χ3n) is 3.12. The molecule has 2 rings (SSSR count). The molecular weight excluding hydrogens is 290 g/mol. The number of H-pyrrole nitrogens is 1. The van der Waals surface area contributed by atoms with Crippen molar-refractivity contribution in [3.63, 3.8) is 0 Å². The Morgan fingerprint density at radius 1 is 1.38 bits per heavy atom. The van der Waals surface area contributed by atoms with Crippen LogP contribution in [0.5, 0.6) is 0 Å². The number of nitrogens with one attached hydrogen (secondary N) is 1. The number of rotatable bonds is 5. The number of benzene rings is 1. The predicted molar refractivity (Wildman–Crippen MR) is 80.4 cm³/mol. The first-order chi connectivity index (χ1) is 10.0. The standard InChI is InChI=1S/C14H15N3O3S/c1-2-9-3-5-10(6-4-9)17-13(20)11(7-8-12(18)19)15-16-14(17)21/h3-6H,2,7-8H2,1H3,(H,16,21)(H,18,19). The highest BCUT2D eigenvalue weighted by Gasteiger charge is 2.10. The lowest BCUT2D eigenvalue weighted by molar-refractivity contribution is -0.136. The maximum Gasteiger partial charge on any atom is 0.303 e. The molecule has 2 aromatic rings. The monoisotopic (exact) mass is 305 g/mol. The van der Waals surface area contributed by atoms with Crippen molar-refractivity contribution in [3.8, 4) is 5.69 Å². The summed E-state index contributed by atoms with van der Waals surface area (Å²) in [7, 11) is 0. The molecule has 1 aromatic heterocycles. The molecule has 0 bridgehead atoms. The number of aliphatic carboxylic acids is 1. The molecule has 7 heteroatoms. The molecule has 0 saturated heterocycles. The van der Waals surface area contributed by atoms with Crippen LogP contribution in [0.15, 0.2) is 29.1 Å². The number of aromatic nitrogens is 3. The van der Waals surface area contributed by atoms with Crippen LogP contribution in [0, 0.1) is 4.77 Å². The lowest BCUT2D eigenvalue weighted by atomic mass is 10.1. The van der Waals surface area contributed by atoms with Gasteiger partial charge in [0, 0.05) is 6.42 Å². The first kappa shape index (κ1) is 15.1. The highest BCUT2D eigenvalue weighted by molar-refractivity contribution is 7.71. The van der Waals surface area contributed by atoms with Gasteiger partial charge in [0.15, 0.2) is 0 Å². The Bertz CT molecular complexity index is 762. The Morgan fingerprint density at radius 2 is 2.05 bits per heavy atom. The zero-order chi connectivity index (χ0) is 15.4. The van der Waals surface area contributed by atoms with E-state index < -0.39 is 5.97 Å². The van der Waals surface area contributed by atoms with Gasteiger partial charge in [0.2, 0.25) is 4.77 Å². The summed E-state index contributed by atoms with van der Waals surface area (Å²) in [4.78, 5) is 23.0. The molecule has 0 radical (unpaired) electrons. The molecule has 0 saturated carbocycles. The quantitative estimate of drug-likeness (QED) is 0.823. The lowest BCUT2D eigenvalue weighted by Crippen LogP contribution is -2.26. The van der Waals surface area contributed by atoms with E-state index in [4.69, 9.17) is 17.3 Å². The van der Waals surface area contributed by atoms with Crippen molar-refractivity contribution < 1.29 is 9.90 Å². The second-order valence-electron chi connectivity index (χ2n) is 4.53. The summed E-state index contributed by atoms with van der Waals surface area (Å²) in [6.45, 7) is 2.05. The number of hydrogen-bond acceptors (Lipinski definition) is 4. The third-order valence-corrected chi connectivity index (χ3v) is 3.39. The van der Waals surface area contributed by atoms with Gasteiger partial charge < -0.3 is 5.11 Å². The zero-order valence-corrected chi connectivity index (χ0v) is 12.3. The molecular formula is C14H15N3O3S. The second kappa shape index (κ2) is 6.45. The summed E-state index contributed by atoms with van der Waals surface area (Å²) in [6.07, 6.45) is 0.817. The molecule has 110 valence electrons. The number of carboxylic acids is 1. The summed E-state index contributed by atoms with van der Waals surface area (Å²) in [6, 6.07) is 7.47. The molecule has 0 aliphatic carbocycles. The van der Waals surface area contributed by atoms with Crippen LogP contribution in [0.1, 0.15) is 24.6 Å². The average Bonchev–Trinajstić information content (AvgIpc) is 2.47. The van der Waals surface area contributed by atoms with Gasteiger partial charge in [-0.25, -0.2) is 0 Å². The highest BCUT2D eigenvalue weighted by atomic mass is 32.1. The number of carboxylic acid groups (broad SMARTS) is 1. The minimum Gasteiger partial charge on any atom is -0.481 e. The van der Waals surface area contributed by atoms with E-state index in [0.717, 1.165) is 12.0 Å². The van der Waals surface area contributed by atoms with E-state index in [1.165, 1.54) is 4.57 Å². The fourth-order valence-corrected chi connectivity index (χ4v) is 2.17. The number of aromatic amines is 1. The first-order valence-corrected chi connectivity index (χ1v) is 6.95. The fraction of sp³-hybridized carbons (Fsp3) is 0.286. The van der Waals surface area contributed by atoms with E-state index in [2.05, 4.69) is 10.2 Å². The topological polar surface area (TPSA) is 88.0 Å². The molecule has 0 fully saturated rings. The summed E-state index contributed by atoms with van der Waals surface area (Å²) >= 11 is 5.11. The van der Waals surface area contributed by atoms with Crippen LogP contribution in [-0.2, 0) is 17.6 Å². The van der Waals surface area contributed by atoms with Gasteiger partial charge in [-0.3, -0.25) is 19.3 Å². The van der Waals surface area contributed by atoms with Gasteiger partial charge in [-0.2, -0.15) is 5.10 Å². The normalized spacial score (nSPS) is 10.5. The molecule has 1 heterocycles. The SMILES string of the molecule is CCc1ccc(-n2c(=S)[nH]nc(CCC(=O)O)c2=O)cc1. The van der Waals surface area contributed by atoms with Crippen molar-refractivity contribution in [2.24, 2.45) is 0 Å². The Kier molecular flexibility index (Phi) is 4.64. The van der Waals surface area contributed by atoms with E-state index in [9.17, 15) is 9.59 Å². The van der Waals surface area contributed by atoms with Gasteiger partial charge in [0.05, 0.1) is 12.1 Å². The molecule has 0 amide bonds.